The van der Waals surface area contributed by atoms with Crippen molar-refractivity contribution in [1.82, 2.24) is 0 Å². The number of aromatic carboxylic acids is 1. The fraction of sp³-hybridized carbons (Fsp3) is 0.154. The highest BCUT2D eigenvalue weighted by Gasteiger charge is 2.22. The van der Waals surface area contributed by atoms with Crippen LogP contribution in [0.2, 0.25) is 10.0 Å². The van der Waals surface area contributed by atoms with Gasteiger partial charge in [-0.15, -0.1) is 0 Å². The van der Waals surface area contributed by atoms with Crippen molar-refractivity contribution in [2.24, 2.45) is 5.92 Å². The summed E-state index contributed by atoms with van der Waals surface area (Å²) in [6, 6.07) is 14.2. The minimum atomic E-state index is -1.04. The molecular formula is C26H18Cl2O4. The van der Waals surface area contributed by atoms with Crippen LogP contribution in [0, 0.1) is 5.92 Å². The smallest absolute Gasteiger partial charge is 0.338 e. The highest BCUT2D eigenvalue weighted by atomic mass is 35.5. The third-order valence-electron chi connectivity index (χ3n) is 5.80. The van der Waals surface area contributed by atoms with E-state index in [1.807, 2.05) is 32.0 Å². The number of fused-ring (bicyclic) bond motifs is 2. The van der Waals surface area contributed by atoms with Crippen molar-refractivity contribution in [3.8, 4) is 0 Å². The first-order valence-corrected chi connectivity index (χ1v) is 11.0. The lowest BCUT2D eigenvalue weighted by Gasteiger charge is -2.18. The van der Waals surface area contributed by atoms with E-state index >= 15 is 0 Å². The lowest BCUT2D eigenvalue weighted by atomic mass is 9.87. The number of carbonyl (C=O) groups excluding carboxylic acids is 1. The summed E-state index contributed by atoms with van der Waals surface area (Å²) >= 11 is 13.1. The van der Waals surface area contributed by atoms with E-state index in [2.05, 4.69) is 0 Å². The molecule has 32 heavy (non-hydrogen) atoms. The summed E-state index contributed by atoms with van der Waals surface area (Å²) < 4.78 is 5.49. The molecule has 160 valence electrons. The van der Waals surface area contributed by atoms with Crippen molar-refractivity contribution in [3.63, 3.8) is 0 Å². The average Bonchev–Trinajstić information content (AvgIpc) is 2.77. The Bertz CT molecular complexity index is 1550. The van der Waals surface area contributed by atoms with Gasteiger partial charge in [-0.05, 0) is 62.5 Å². The number of carboxylic acid groups (broad SMARTS) is 1. The Balaban J connectivity index is 1.95. The van der Waals surface area contributed by atoms with E-state index in [0.717, 1.165) is 32.3 Å². The summed E-state index contributed by atoms with van der Waals surface area (Å²) in [6.45, 7) is 4.27. The van der Waals surface area contributed by atoms with Gasteiger partial charge < -0.3 is 9.84 Å². The van der Waals surface area contributed by atoms with Gasteiger partial charge in [-0.1, -0.05) is 61.3 Å². The van der Waals surface area contributed by atoms with E-state index in [0.29, 0.717) is 33.0 Å². The van der Waals surface area contributed by atoms with Crippen molar-refractivity contribution >= 4 is 78.2 Å². The zero-order chi connectivity index (χ0) is 22.7. The largest absolute Gasteiger partial charge is 0.478 e. The Hall–Kier alpha value is -3.08. The van der Waals surface area contributed by atoms with Gasteiger partial charge in [0.1, 0.15) is 0 Å². The minimum absolute atomic E-state index is 0.151. The van der Waals surface area contributed by atoms with Crippen molar-refractivity contribution < 1.29 is 19.4 Å². The van der Waals surface area contributed by atoms with Crippen LogP contribution in [0.3, 0.4) is 0 Å². The molecule has 0 fully saturated rings. The number of carboxylic acids is 1. The monoisotopic (exact) mass is 464 g/mol. The molecule has 4 nitrogen and oxygen atoms in total. The third-order valence-corrected chi connectivity index (χ3v) is 6.43. The van der Waals surface area contributed by atoms with Gasteiger partial charge >= 0.3 is 11.9 Å². The quantitative estimate of drug-likeness (QED) is 0.169. The molecule has 0 amide bonds. The summed E-state index contributed by atoms with van der Waals surface area (Å²) in [4.78, 5) is 24.8. The summed E-state index contributed by atoms with van der Waals surface area (Å²) in [5.74, 6) is -1.24. The van der Waals surface area contributed by atoms with Crippen LogP contribution >= 0.6 is 23.2 Å². The molecule has 5 aromatic carbocycles. The number of ether oxygens (including phenoxy) is 1. The minimum Gasteiger partial charge on any atom is -0.478 e. The summed E-state index contributed by atoms with van der Waals surface area (Å²) in [6.07, 6.45) is 0. The highest BCUT2D eigenvalue weighted by Crippen LogP contribution is 2.45. The van der Waals surface area contributed by atoms with Crippen LogP contribution in [-0.4, -0.2) is 23.7 Å². The maximum absolute atomic E-state index is 12.9. The van der Waals surface area contributed by atoms with Crippen molar-refractivity contribution in [1.29, 1.82) is 0 Å². The molecule has 0 heterocycles. The molecule has 0 radical (unpaired) electrons. The van der Waals surface area contributed by atoms with Crippen LogP contribution in [0.25, 0.3) is 43.1 Å². The topological polar surface area (TPSA) is 63.6 Å². The van der Waals surface area contributed by atoms with Crippen molar-refractivity contribution in [2.75, 3.05) is 6.61 Å². The fourth-order valence-electron chi connectivity index (χ4n) is 4.47. The number of hydrogen-bond donors (Lipinski definition) is 1. The van der Waals surface area contributed by atoms with E-state index < -0.39 is 11.9 Å². The van der Waals surface area contributed by atoms with Gasteiger partial charge in [0.15, 0.2) is 0 Å². The number of halogens is 2. The van der Waals surface area contributed by atoms with Crippen molar-refractivity contribution in [2.45, 2.75) is 13.8 Å². The molecule has 0 atom stereocenters. The van der Waals surface area contributed by atoms with E-state index in [9.17, 15) is 14.7 Å². The standard InChI is InChI=1S/C26H18Cl2O4/c1-12(2)11-32-26(31)18-6-4-14-13-3-5-17(25(29)30)23-19(27)9-7-15(21(13)23)16-8-10-20(28)24(18)22(14)16/h3-10,12H,11H2,1-2H3,(H,29,30). The number of hydrogen-bond acceptors (Lipinski definition) is 3. The molecule has 0 bridgehead atoms. The zero-order valence-corrected chi connectivity index (χ0v) is 18.8. The predicted octanol–water partition coefficient (Wildman–Crippen LogP) is 7.56. The molecule has 0 unspecified atom stereocenters. The molecular weight excluding hydrogens is 447 g/mol. The first kappa shape index (κ1) is 20.8. The summed E-state index contributed by atoms with van der Waals surface area (Å²) in [7, 11) is 0. The first-order chi connectivity index (χ1) is 15.3. The Morgan fingerprint density at radius 1 is 0.750 bits per heavy atom. The number of rotatable bonds is 4. The van der Waals surface area contributed by atoms with Gasteiger partial charge in [-0.25, -0.2) is 9.59 Å². The Morgan fingerprint density at radius 2 is 1.19 bits per heavy atom. The normalized spacial score (nSPS) is 11.9. The second-order valence-electron chi connectivity index (χ2n) is 8.31. The van der Waals surface area contributed by atoms with Gasteiger partial charge in [-0.2, -0.15) is 0 Å². The molecule has 0 aliphatic rings. The molecule has 0 aliphatic heterocycles. The second kappa shape index (κ2) is 7.51. The Labute approximate surface area is 193 Å². The van der Waals surface area contributed by atoms with Crippen LogP contribution < -0.4 is 0 Å². The second-order valence-corrected chi connectivity index (χ2v) is 9.12. The predicted molar refractivity (Wildman–Crippen MR) is 130 cm³/mol. The Morgan fingerprint density at radius 3 is 1.66 bits per heavy atom. The van der Waals surface area contributed by atoms with Gasteiger partial charge in [0, 0.05) is 20.8 Å². The average molecular weight is 465 g/mol. The molecule has 6 heteroatoms. The Kier molecular flexibility index (Phi) is 4.88. The number of benzene rings is 5. The van der Waals surface area contributed by atoms with Gasteiger partial charge in [0.25, 0.3) is 0 Å². The van der Waals surface area contributed by atoms with Gasteiger partial charge in [0.05, 0.1) is 17.7 Å². The fourth-order valence-corrected chi connectivity index (χ4v) is 4.99. The van der Waals surface area contributed by atoms with Crippen LogP contribution in [0.4, 0.5) is 0 Å². The first-order valence-electron chi connectivity index (χ1n) is 10.2. The third kappa shape index (κ3) is 2.98. The van der Waals surface area contributed by atoms with E-state index in [4.69, 9.17) is 27.9 Å². The summed E-state index contributed by atoms with van der Waals surface area (Å²) in [5, 5.41) is 16.8. The van der Waals surface area contributed by atoms with Gasteiger partial charge in [0.2, 0.25) is 0 Å². The molecule has 0 saturated carbocycles. The van der Waals surface area contributed by atoms with E-state index in [1.165, 1.54) is 0 Å². The lowest BCUT2D eigenvalue weighted by Crippen LogP contribution is -2.11. The van der Waals surface area contributed by atoms with Crippen molar-refractivity contribution in [3.05, 3.63) is 69.7 Å². The molecule has 0 aliphatic carbocycles. The molecule has 5 aromatic rings. The number of esters is 1. The molecule has 0 aromatic heterocycles. The molecule has 0 saturated heterocycles. The van der Waals surface area contributed by atoms with Gasteiger partial charge in [-0.3, -0.25) is 0 Å². The van der Waals surface area contributed by atoms with E-state index in [-0.39, 0.29) is 11.5 Å². The SMILES string of the molecule is CC(C)COC(=O)c1ccc2c3ccc(C(=O)O)c4c(Cl)ccc(c5ccc(Cl)c1c52)c43. The van der Waals surface area contributed by atoms with Crippen LogP contribution in [0.15, 0.2) is 48.5 Å². The van der Waals surface area contributed by atoms with E-state index in [1.54, 1.807) is 30.3 Å². The molecule has 1 N–H and O–H groups in total. The molecule has 5 rings (SSSR count). The highest BCUT2D eigenvalue weighted by molar-refractivity contribution is 6.45. The molecule has 0 spiro atoms. The number of carbonyl (C=O) groups is 2. The van der Waals surface area contributed by atoms with Crippen LogP contribution in [0.5, 0.6) is 0 Å². The maximum atomic E-state index is 12.9. The van der Waals surface area contributed by atoms with Crippen LogP contribution in [0.1, 0.15) is 34.6 Å². The summed E-state index contributed by atoms with van der Waals surface area (Å²) in [5.41, 5.74) is 0.560. The maximum Gasteiger partial charge on any atom is 0.338 e. The lowest BCUT2D eigenvalue weighted by molar-refractivity contribution is 0.0461. The van der Waals surface area contributed by atoms with Crippen LogP contribution in [-0.2, 0) is 4.74 Å². The zero-order valence-electron chi connectivity index (χ0n) is 17.3.